The van der Waals surface area contributed by atoms with E-state index in [1.165, 1.54) is 11.3 Å². The minimum absolute atomic E-state index is 0.311. The highest BCUT2D eigenvalue weighted by molar-refractivity contribution is 8.01. The molecule has 0 aliphatic heterocycles. The molecule has 0 unspecified atom stereocenters. The lowest BCUT2D eigenvalue weighted by Gasteiger charge is -2.08. The number of sulfone groups is 1. The van der Waals surface area contributed by atoms with Crippen LogP contribution in [0.3, 0.4) is 0 Å². The third-order valence-corrected chi connectivity index (χ3v) is 6.05. The average molecular weight is 326 g/mol. The van der Waals surface area contributed by atoms with E-state index in [2.05, 4.69) is 0 Å². The van der Waals surface area contributed by atoms with Crippen LogP contribution < -0.4 is 0 Å². The monoisotopic (exact) mass is 326 g/mol. The first-order valence-electron chi connectivity index (χ1n) is 6.79. The van der Waals surface area contributed by atoms with Crippen LogP contribution in [0.15, 0.2) is 83.1 Å². The lowest BCUT2D eigenvalue weighted by Crippen LogP contribution is -2.03. The smallest absolute Gasteiger partial charge is 0.208 e. The normalized spacial score (nSPS) is 12.3. The summed E-state index contributed by atoms with van der Waals surface area (Å²) < 4.78 is 25.9. The summed E-state index contributed by atoms with van der Waals surface area (Å²) in [5.74, 6) is 0. The van der Waals surface area contributed by atoms with E-state index in [-0.39, 0.29) is 0 Å². The van der Waals surface area contributed by atoms with Crippen LogP contribution in [0.4, 0.5) is 0 Å². The van der Waals surface area contributed by atoms with Gasteiger partial charge in [0.15, 0.2) is 0 Å². The fraction of sp³-hybridized carbons (Fsp3) is 0. The fourth-order valence-corrected chi connectivity index (χ4v) is 4.63. The van der Waals surface area contributed by atoms with E-state index in [4.69, 9.17) is 0 Å². The molecule has 0 radical (unpaired) electrons. The Kier molecular flexibility index (Phi) is 4.22. The zero-order valence-electron chi connectivity index (χ0n) is 11.7. The second-order valence-corrected chi connectivity index (χ2v) is 7.58. The quantitative estimate of drug-likeness (QED) is 0.695. The standard InChI is InChI=1S/C18H14O2S2/c19-22(20,16-10-5-2-6-11-16)18(17-12-7-13-21-17)14-15-8-3-1-4-9-15/h1-14H/b18-14-. The van der Waals surface area contributed by atoms with Gasteiger partial charge < -0.3 is 0 Å². The Morgan fingerprint density at radius 2 is 1.45 bits per heavy atom. The number of rotatable bonds is 4. The zero-order chi connectivity index (χ0) is 15.4. The summed E-state index contributed by atoms with van der Waals surface area (Å²) in [7, 11) is -3.55. The molecule has 3 aromatic rings. The molecular formula is C18H14O2S2. The molecule has 0 aliphatic rings. The Morgan fingerprint density at radius 1 is 0.818 bits per heavy atom. The molecule has 0 saturated carbocycles. The zero-order valence-corrected chi connectivity index (χ0v) is 13.3. The number of hydrogen-bond acceptors (Lipinski definition) is 3. The summed E-state index contributed by atoms with van der Waals surface area (Å²) in [6.07, 6.45) is 1.73. The lowest BCUT2D eigenvalue weighted by molar-refractivity contribution is 0.606. The van der Waals surface area contributed by atoms with Crippen molar-refractivity contribution >= 4 is 32.2 Å². The summed E-state index contributed by atoms with van der Waals surface area (Å²) in [6, 6.07) is 21.7. The molecule has 0 N–H and O–H groups in total. The molecule has 0 spiro atoms. The molecule has 0 aliphatic carbocycles. The molecule has 2 aromatic carbocycles. The van der Waals surface area contributed by atoms with E-state index >= 15 is 0 Å². The molecule has 110 valence electrons. The number of benzene rings is 2. The van der Waals surface area contributed by atoms with Gasteiger partial charge in [0.05, 0.1) is 9.80 Å². The maximum absolute atomic E-state index is 13.0. The van der Waals surface area contributed by atoms with Crippen LogP contribution in [0.5, 0.6) is 0 Å². The summed E-state index contributed by atoms with van der Waals surface area (Å²) in [5, 5.41) is 1.88. The summed E-state index contributed by atoms with van der Waals surface area (Å²) >= 11 is 1.42. The Balaban J connectivity index is 2.17. The fourth-order valence-electron chi connectivity index (χ4n) is 2.13. The van der Waals surface area contributed by atoms with Gasteiger partial charge in [-0.1, -0.05) is 54.6 Å². The predicted molar refractivity (Wildman–Crippen MR) is 92.3 cm³/mol. The van der Waals surface area contributed by atoms with E-state index in [0.717, 1.165) is 10.4 Å². The van der Waals surface area contributed by atoms with Crippen molar-refractivity contribution in [1.82, 2.24) is 0 Å². The van der Waals surface area contributed by atoms with Crippen LogP contribution >= 0.6 is 11.3 Å². The van der Waals surface area contributed by atoms with Crippen molar-refractivity contribution in [2.45, 2.75) is 4.90 Å². The van der Waals surface area contributed by atoms with Gasteiger partial charge >= 0.3 is 0 Å². The van der Waals surface area contributed by atoms with Crippen molar-refractivity contribution in [1.29, 1.82) is 0 Å². The highest BCUT2D eigenvalue weighted by Crippen LogP contribution is 2.32. The molecule has 3 rings (SSSR count). The van der Waals surface area contributed by atoms with Crippen molar-refractivity contribution < 1.29 is 8.42 Å². The van der Waals surface area contributed by atoms with E-state index in [9.17, 15) is 8.42 Å². The first-order valence-corrected chi connectivity index (χ1v) is 9.15. The molecule has 1 heterocycles. The van der Waals surface area contributed by atoms with E-state index in [0.29, 0.717) is 9.80 Å². The molecule has 0 atom stereocenters. The predicted octanol–water partition coefficient (Wildman–Crippen LogP) is 4.72. The Bertz CT molecular complexity index is 863. The van der Waals surface area contributed by atoms with E-state index in [1.54, 1.807) is 30.3 Å². The lowest BCUT2D eigenvalue weighted by atomic mass is 10.2. The first-order chi connectivity index (χ1) is 10.7. The van der Waals surface area contributed by atoms with Gasteiger partial charge in [-0.2, -0.15) is 0 Å². The highest BCUT2D eigenvalue weighted by atomic mass is 32.2. The van der Waals surface area contributed by atoms with Gasteiger partial charge in [0.2, 0.25) is 9.84 Å². The number of hydrogen-bond donors (Lipinski definition) is 0. The maximum atomic E-state index is 13.0. The largest absolute Gasteiger partial charge is 0.218 e. The van der Waals surface area contributed by atoms with Crippen LogP contribution in [0, 0.1) is 0 Å². The Morgan fingerprint density at radius 3 is 2.05 bits per heavy atom. The Hall–Kier alpha value is -2.17. The summed E-state index contributed by atoms with van der Waals surface area (Å²) in [4.78, 5) is 1.39. The van der Waals surface area contributed by atoms with Crippen LogP contribution in [-0.2, 0) is 9.84 Å². The average Bonchev–Trinajstić information content (AvgIpc) is 3.08. The van der Waals surface area contributed by atoms with Crippen LogP contribution in [0.2, 0.25) is 0 Å². The SMILES string of the molecule is O=S(=O)(/C(=C\c1ccccc1)c1cccs1)c1ccccc1. The first kappa shape index (κ1) is 14.8. The summed E-state index contributed by atoms with van der Waals surface area (Å²) in [5.41, 5.74) is 0.866. The van der Waals surface area contributed by atoms with E-state index in [1.807, 2.05) is 53.9 Å². The van der Waals surface area contributed by atoms with Crippen molar-refractivity contribution in [2.24, 2.45) is 0 Å². The summed E-state index contributed by atoms with van der Waals surface area (Å²) in [6.45, 7) is 0. The molecule has 22 heavy (non-hydrogen) atoms. The molecule has 0 bridgehead atoms. The van der Waals surface area contributed by atoms with Crippen LogP contribution in [-0.4, -0.2) is 8.42 Å². The third kappa shape index (κ3) is 3.03. The van der Waals surface area contributed by atoms with Crippen molar-refractivity contribution in [3.8, 4) is 0 Å². The van der Waals surface area contributed by atoms with Crippen LogP contribution in [0.25, 0.3) is 11.0 Å². The maximum Gasteiger partial charge on any atom is 0.208 e. The topological polar surface area (TPSA) is 34.1 Å². The number of thiophene rings is 1. The van der Waals surface area contributed by atoms with Gasteiger partial charge in [0, 0.05) is 4.88 Å². The van der Waals surface area contributed by atoms with Crippen molar-refractivity contribution in [2.75, 3.05) is 0 Å². The van der Waals surface area contributed by atoms with Gasteiger partial charge in [0.1, 0.15) is 0 Å². The second-order valence-electron chi connectivity index (χ2n) is 4.71. The van der Waals surface area contributed by atoms with Gasteiger partial charge in [-0.3, -0.25) is 0 Å². The molecule has 4 heteroatoms. The molecule has 2 nitrogen and oxygen atoms in total. The molecule has 0 fully saturated rings. The van der Waals surface area contributed by atoms with Gasteiger partial charge in [-0.05, 0) is 35.2 Å². The molecule has 0 saturated heterocycles. The van der Waals surface area contributed by atoms with Gasteiger partial charge in [0.25, 0.3) is 0 Å². The Labute approximate surface area is 134 Å². The minimum Gasteiger partial charge on any atom is -0.218 e. The van der Waals surface area contributed by atoms with E-state index < -0.39 is 9.84 Å². The minimum atomic E-state index is -3.55. The molecule has 0 amide bonds. The third-order valence-electron chi connectivity index (χ3n) is 3.20. The molecule has 1 aromatic heterocycles. The van der Waals surface area contributed by atoms with Crippen molar-refractivity contribution in [3.63, 3.8) is 0 Å². The highest BCUT2D eigenvalue weighted by Gasteiger charge is 2.22. The van der Waals surface area contributed by atoms with Gasteiger partial charge in [-0.15, -0.1) is 11.3 Å². The van der Waals surface area contributed by atoms with Crippen LogP contribution in [0.1, 0.15) is 10.4 Å². The second kappa shape index (κ2) is 6.30. The molecular weight excluding hydrogens is 312 g/mol. The van der Waals surface area contributed by atoms with Gasteiger partial charge in [-0.25, -0.2) is 8.42 Å². The van der Waals surface area contributed by atoms with Crippen molar-refractivity contribution in [3.05, 3.63) is 88.6 Å².